The number of amides is 1. The maximum atomic E-state index is 13.3. The molecule has 0 spiro atoms. The molecule has 20 heavy (non-hydrogen) atoms. The largest absolute Gasteiger partial charge is 0.387 e. The van der Waals surface area contributed by atoms with Crippen molar-refractivity contribution in [3.05, 3.63) is 41.7 Å². The lowest BCUT2D eigenvalue weighted by atomic mass is 10.3. The van der Waals surface area contributed by atoms with Crippen LogP contribution in [0.5, 0.6) is 0 Å². The van der Waals surface area contributed by atoms with Crippen molar-refractivity contribution >= 4 is 11.6 Å². The van der Waals surface area contributed by atoms with Crippen molar-refractivity contribution in [1.29, 1.82) is 0 Å². The Labute approximate surface area is 113 Å². The topological polar surface area (TPSA) is 80.0 Å². The summed E-state index contributed by atoms with van der Waals surface area (Å²) < 4.78 is 27.8. The zero-order valence-corrected chi connectivity index (χ0v) is 10.5. The number of nitrogens with one attached hydrogen (secondary N) is 1. The Kier molecular flexibility index (Phi) is 4.04. The molecular formula is C12H12F2N4O2. The van der Waals surface area contributed by atoms with Gasteiger partial charge in [-0.2, -0.15) is 0 Å². The van der Waals surface area contributed by atoms with E-state index in [1.165, 1.54) is 19.2 Å². The van der Waals surface area contributed by atoms with E-state index < -0.39 is 29.3 Å². The maximum absolute atomic E-state index is 13.3. The van der Waals surface area contributed by atoms with E-state index in [4.69, 9.17) is 0 Å². The quantitative estimate of drug-likeness (QED) is 0.884. The molecule has 6 nitrogen and oxygen atoms in total. The van der Waals surface area contributed by atoms with Crippen molar-refractivity contribution in [3.8, 4) is 0 Å². The first-order valence-electron chi connectivity index (χ1n) is 5.79. The van der Waals surface area contributed by atoms with Gasteiger partial charge >= 0.3 is 0 Å². The molecule has 1 unspecified atom stereocenters. The van der Waals surface area contributed by atoms with Crippen LogP contribution in [-0.4, -0.2) is 26.0 Å². The molecule has 8 heteroatoms. The number of para-hydroxylation sites is 1. The van der Waals surface area contributed by atoms with Crippen LogP contribution in [0.3, 0.4) is 0 Å². The molecule has 2 aromatic rings. The minimum atomic E-state index is -0.860. The standard InChI is InChI=1S/C12H12F2N4O2/c1-7(19)10-5-18(17-16-10)6-11(20)15-12-8(13)3-2-4-9(12)14/h2-5,7,19H,6H2,1H3,(H,15,20). The number of nitrogens with zero attached hydrogens (tertiary/aromatic N) is 3. The second-order valence-corrected chi connectivity index (χ2v) is 4.16. The average molecular weight is 282 g/mol. The summed E-state index contributed by atoms with van der Waals surface area (Å²) in [4.78, 5) is 11.7. The number of aliphatic hydroxyl groups excluding tert-OH is 1. The molecule has 0 aliphatic carbocycles. The molecule has 106 valence electrons. The van der Waals surface area contributed by atoms with Gasteiger partial charge in [-0.25, -0.2) is 13.5 Å². The third-order valence-corrected chi connectivity index (χ3v) is 2.52. The van der Waals surface area contributed by atoms with Gasteiger partial charge in [-0.1, -0.05) is 11.3 Å². The number of anilines is 1. The molecule has 1 heterocycles. The Morgan fingerprint density at radius 2 is 2.10 bits per heavy atom. The highest BCUT2D eigenvalue weighted by atomic mass is 19.1. The zero-order valence-electron chi connectivity index (χ0n) is 10.5. The molecule has 0 saturated carbocycles. The first-order chi connectivity index (χ1) is 9.47. The summed E-state index contributed by atoms with van der Waals surface area (Å²) in [6.45, 7) is 1.23. The molecule has 0 saturated heterocycles. The van der Waals surface area contributed by atoms with E-state index in [0.29, 0.717) is 5.69 Å². The predicted molar refractivity (Wildman–Crippen MR) is 65.6 cm³/mol. The summed E-state index contributed by atoms with van der Waals surface area (Å²) >= 11 is 0. The number of benzene rings is 1. The van der Waals surface area contributed by atoms with Crippen molar-refractivity contribution in [2.75, 3.05) is 5.32 Å². The van der Waals surface area contributed by atoms with E-state index in [0.717, 1.165) is 16.8 Å². The molecule has 1 amide bonds. The molecule has 1 aromatic heterocycles. The molecule has 0 radical (unpaired) electrons. The van der Waals surface area contributed by atoms with Gasteiger partial charge in [0.1, 0.15) is 29.6 Å². The number of hydrogen-bond donors (Lipinski definition) is 2. The van der Waals surface area contributed by atoms with E-state index in [9.17, 15) is 18.7 Å². The Morgan fingerprint density at radius 3 is 2.65 bits per heavy atom. The fourth-order valence-corrected chi connectivity index (χ4v) is 1.53. The van der Waals surface area contributed by atoms with Gasteiger partial charge in [0.05, 0.1) is 12.3 Å². The number of halogens is 2. The van der Waals surface area contributed by atoms with Crippen molar-refractivity contribution in [2.24, 2.45) is 0 Å². The number of rotatable bonds is 4. The number of carbonyl (C=O) groups excluding carboxylic acids is 1. The molecular weight excluding hydrogens is 270 g/mol. The molecule has 1 aromatic carbocycles. The van der Waals surface area contributed by atoms with E-state index in [1.54, 1.807) is 0 Å². The van der Waals surface area contributed by atoms with Gasteiger partial charge in [-0.15, -0.1) is 5.10 Å². The molecule has 2 rings (SSSR count). The van der Waals surface area contributed by atoms with Crippen molar-refractivity contribution in [1.82, 2.24) is 15.0 Å². The Hall–Kier alpha value is -2.35. The van der Waals surface area contributed by atoms with Gasteiger partial charge in [0, 0.05) is 0 Å². The van der Waals surface area contributed by atoms with Crippen LogP contribution in [0.15, 0.2) is 24.4 Å². The Balaban J connectivity index is 2.05. The minimum Gasteiger partial charge on any atom is -0.387 e. The number of aromatic nitrogens is 3. The number of hydrogen-bond acceptors (Lipinski definition) is 4. The lowest BCUT2D eigenvalue weighted by molar-refractivity contribution is -0.117. The summed E-state index contributed by atoms with van der Waals surface area (Å²) in [6.07, 6.45) is 0.568. The van der Waals surface area contributed by atoms with Crippen LogP contribution in [0, 0.1) is 11.6 Å². The Morgan fingerprint density at radius 1 is 1.45 bits per heavy atom. The van der Waals surface area contributed by atoms with Crippen LogP contribution in [0.4, 0.5) is 14.5 Å². The Bertz CT molecular complexity index is 607. The van der Waals surface area contributed by atoms with Gasteiger partial charge in [-0.3, -0.25) is 4.79 Å². The SMILES string of the molecule is CC(O)c1cn(CC(=O)Nc2c(F)cccc2F)nn1. The number of aliphatic hydroxyl groups is 1. The molecule has 0 aliphatic rings. The van der Waals surface area contributed by atoms with Crippen LogP contribution >= 0.6 is 0 Å². The molecule has 0 fully saturated rings. The third kappa shape index (κ3) is 3.15. The van der Waals surface area contributed by atoms with Gasteiger partial charge in [-0.05, 0) is 19.1 Å². The van der Waals surface area contributed by atoms with E-state index in [2.05, 4.69) is 15.6 Å². The van der Waals surface area contributed by atoms with Crippen LogP contribution in [-0.2, 0) is 11.3 Å². The smallest absolute Gasteiger partial charge is 0.246 e. The van der Waals surface area contributed by atoms with Gasteiger partial charge in [0.25, 0.3) is 0 Å². The van der Waals surface area contributed by atoms with E-state index in [1.807, 2.05) is 0 Å². The van der Waals surface area contributed by atoms with Crippen LogP contribution in [0.2, 0.25) is 0 Å². The summed E-state index contributed by atoms with van der Waals surface area (Å²) in [5.41, 5.74) is -0.205. The van der Waals surface area contributed by atoms with Crippen LogP contribution in [0.1, 0.15) is 18.7 Å². The zero-order chi connectivity index (χ0) is 14.7. The highest BCUT2D eigenvalue weighted by Gasteiger charge is 2.13. The highest BCUT2D eigenvalue weighted by Crippen LogP contribution is 2.17. The predicted octanol–water partition coefficient (Wildman–Crippen LogP) is 1.25. The summed E-state index contributed by atoms with van der Waals surface area (Å²) in [5, 5.41) is 18.7. The van der Waals surface area contributed by atoms with E-state index in [-0.39, 0.29) is 6.54 Å². The van der Waals surface area contributed by atoms with Crippen molar-refractivity contribution < 1.29 is 18.7 Å². The third-order valence-electron chi connectivity index (χ3n) is 2.52. The monoisotopic (exact) mass is 282 g/mol. The number of carbonyl (C=O) groups is 1. The second-order valence-electron chi connectivity index (χ2n) is 4.16. The summed E-state index contributed by atoms with van der Waals surface area (Å²) in [6, 6.07) is 3.28. The highest BCUT2D eigenvalue weighted by molar-refractivity contribution is 5.90. The first kappa shape index (κ1) is 14.1. The second kappa shape index (κ2) is 5.74. The van der Waals surface area contributed by atoms with Gasteiger partial charge < -0.3 is 10.4 Å². The van der Waals surface area contributed by atoms with E-state index >= 15 is 0 Å². The van der Waals surface area contributed by atoms with Crippen LogP contribution < -0.4 is 5.32 Å². The molecule has 0 bridgehead atoms. The molecule has 2 N–H and O–H groups in total. The van der Waals surface area contributed by atoms with Gasteiger partial charge in [0.2, 0.25) is 5.91 Å². The lowest BCUT2D eigenvalue weighted by Crippen LogP contribution is -2.20. The van der Waals surface area contributed by atoms with Crippen molar-refractivity contribution in [3.63, 3.8) is 0 Å². The van der Waals surface area contributed by atoms with Crippen molar-refractivity contribution in [2.45, 2.75) is 19.6 Å². The van der Waals surface area contributed by atoms with Crippen LogP contribution in [0.25, 0.3) is 0 Å². The molecule has 0 aliphatic heterocycles. The minimum absolute atomic E-state index is 0.270. The molecule has 1 atom stereocenters. The van der Waals surface area contributed by atoms with Gasteiger partial charge in [0.15, 0.2) is 0 Å². The maximum Gasteiger partial charge on any atom is 0.246 e. The summed E-state index contributed by atoms with van der Waals surface area (Å²) in [5.74, 6) is -2.38. The lowest BCUT2D eigenvalue weighted by Gasteiger charge is -2.07. The first-order valence-corrected chi connectivity index (χ1v) is 5.79. The fourth-order valence-electron chi connectivity index (χ4n) is 1.53. The summed E-state index contributed by atoms with van der Waals surface area (Å²) in [7, 11) is 0. The normalized spacial score (nSPS) is 12.2. The average Bonchev–Trinajstić information content (AvgIpc) is 2.82. The fraction of sp³-hybridized carbons (Fsp3) is 0.250.